The van der Waals surface area contributed by atoms with Crippen LogP contribution in [0.25, 0.3) is 0 Å². The predicted molar refractivity (Wildman–Crippen MR) is 80.4 cm³/mol. The summed E-state index contributed by atoms with van der Waals surface area (Å²) in [5, 5.41) is 0. The molecule has 0 spiro atoms. The van der Waals surface area contributed by atoms with Gasteiger partial charge in [-0.2, -0.15) is 0 Å². The summed E-state index contributed by atoms with van der Waals surface area (Å²) >= 11 is 0. The largest absolute Gasteiger partial charge is 0.273 e. The molecule has 2 aliphatic rings. The Morgan fingerprint density at radius 3 is 2.57 bits per heavy atom. The molecular formula is C18H15NO2. The molecule has 0 aromatic heterocycles. The number of carbonyl (C=O) groups is 2. The lowest BCUT2D eigenvalue weighted by Gasteiger charge is -2.36. The Labute approximate surface area is 123 Å². The Bertz CT molecular complexity index is 736. The number of hydrogen-bond donors (Lipinski definition) is 0. The van der Waals surface area contributed by atoms with E-state index in [1.54, 1.807) is 0 Å². The molecule has 0 N–H and O–H groups in total. The highest BCUT2D eigenvalue weighted by molar-refractivity contribution is 6.26. The third kappa shape index (κ3) is 1.74. The molecular weight excluding hydrogens is 262 g/mol. The van der Waals surface area contributed by atoms with Gasteiger partial charge in [0.05, 0.1) is 11.6 Å². The van der Waals surface area contributed by atoms with Crippen LogP contribution in [0.5, 0.6) is 0 Å². The quantitative estimate of drug-likeness (QED) is 0.750. The van der Waals surface area contributed by atoms with Crippen molar-refractivity contribution in [1.29, 1.82) is 0 Å². The van der Waals surface area contributed by atoms with Crippen molar-refractivity contribution in [3.05, 3.63) is 65.2 Å². The van der Waals surface area contributed by atoms with Crippen molar-refractivity contribution in [3.8, 4) is 0 Å². The van der Waals surface area contributed by atoms with E-state index in [1.807, 2.05) is 48.5 Å². The minimum atomic E-state index is -0.193. The average molecular weight is 277 g/mol. The van der Waals surface area contributed by atoms with Crippen molar-refractivity contribution < 1.29 is 9.59 Å². The van der Waals surface area contributed by atoms with E-state index < -0.39 is 0 Å². The summed E-state index contributed by atoms with van der Waals surface area (Å²) in [6, 6.07) is 15.0. The monoisotopic (exact) mass is 277 g/mol. The maximum atomic E-state index is 12.8. The van der Waals surface area contributed by atoms with Gasteiger partial charge in [0, 0.05) is 5.56 Å². The Morgan fingerprint density at radius 2 is 1.76 bits per heavy atom. The van der Waals surface area contributed by atoms with E-state index in [2.05, 4.69) is 0 Å². The molecule has 3 heteroatoms. The van der Waals surface area contributed by atoms with Crippen molar-refractivity contribution >= 4 is 17.5 Å². The maximum Gasteiger partial charge on any atom is 0.265 e. The predicted octanol–water partition coefficient (Wildman–Crippen LogP) is 3.29. The minimum absolute atomic E-state index is 0.0779. The Morgan fingerprint density at radius 1 is 0.952 bits per heavy atom. The fraction of sp³-hybridized carbons (Fsp3) is 0.222. The van der Waals surface area contributed by atoms with Crippen LogP contribution >= 0.6 is 0 Å². The zero-order chi connectivity index (χ0) is 14.4. The van der Waals surface area contributed by atoms with E-state index in [0.717, 1.165) is 30.4 Å². The molecule has 3 nitrogen and oxygen atoms in total. The normalized spacial score (nSPS) is 20.4. The van der Waals surface area contributed by atoms with E-state index in [1.165, 1.54) is 4.90 Å². The summed E-state index contributed by atoms with van der Waals surface area (Å²) in [7, 11) is 0. The zero-order valence-corrected chi connectivity index (χ0v) is 11.6. The minimum Gasteiger partial charge on any atom is -0.273 e. The van der Waals surface area contributed by atoms with Crippen LogP contribution in [0.1, 0.15) is 40.2 Å². The van der Waals surface area contributed by atoms with Crippen LogP contribution in [-0.2, 0) is 11.2 Å². The highest BCUT2D eigenvalue weighted by atomic mass is 16.2. The molecule has 0 saturated heterocycles. The van der Waals surface area contributed by atoms with Crippen molar-refractivity contribution in [2.75, 3.05) is 4.90 Å². The molecule has 2 aromatic carbocycles. The SMILES string of the molecule is O=C1c2cccc3c2C(CCC3)C(=O)N1c1ccccc1. The highest BCUT2D eigenvalue weighted by Gasteiger charge is 2.41. The Kier molecular flexibility index (Phi) is 2.67. The molecule has 1 aliphatic heterocycles. The second kappa shape index (κ2) is 4.55. The summed E-state index contributed by atoms with van der Waals surface area (Å²) in [6.45, 7) is 0. The lowest BCUT2D eigenvalue weighted by Crippen LogP contribution is -2.46. The molecule has 0 fully saturated rings. The van der Waals surface area contributed by atoms with E-state index in [0.29, 0.717) is 11.3 Å². The van der Waals surface area contributed by atoms with Gasteiger partial charge in [0.2, 0.25) is 5.91 Å². The summed E-state index contributed by atoms with van der Waals surface area (Å²) < 4.78 is 0. The summed E-state index contributed by atoms with van der Waals surface area (Å²) in [5.41, 5.74) is 3.50. The van der Waals surface area contributed by atoms with Crippen LogP contribution in [0.2, 0.25) is 0 Å². The van der Waals surface area contributed by atoms with Gasteiger partial charge in [-0.25, -0.2) is 4.90 Å². The molecule has 1 aliphatic carbocycles. The smallest absolute Gasteiger partial charge is 0.265 e. The first-order valence-electron chi connectivity index (χ1n) is 7.32. The molecule has 0 bridgehead atoms. The Hall–Kier alpha value is -2.42. The number of para-hydroxylation sites is 1. The number of rotatable bonds is 1. The van der Waals surface area contributed by atoms with Gasteiger partial charge in [0.25, 0.3) is 5.91 Å². The molecule has 104 valence electrons. The first-order valence-corrected chi connectivity index (χ1v) is 7.32. The van der Waals surface area contributed by atoms with Gasteiger partial charge in [0.1, 0.15) is 0 Å². The van der Waals surface area contributed by atoms with E-state index in [9.17, 15) is 9.59 Å². The van der Waals surface area contributed by atoms with Gasteiger partial charge < -0.3 is 0 Å². The van der Waals surface area contributed by atoms with Crippen LogP contribution in [0.15, 0.2) is 48.5 Å². The third-order valence-corrected chi connectivity index (χ3v) is 4.45. The van der Waals surface area contributed by atoms with Crippen molar-refractivity contribution in [3.63, 3.8) is 0 Å². The number of hydrogen-bond acceptors (Lipinski definition) is 2. The van der Waals surface area contributed by atoms with Gasteiger partial charge in [-0.3, -0.25) is 9.59 Å². The lowest BCUT2D eigenvalue weighted by molar-refractivity contribution is -0.120. The van der Waals surface area contributed by atoms with Crippen LogP contribution in [-0.4, -0.2) is 11.8 Å². The number of imide groups is 1. The second-order valence-corrected chi connectivity index (χ2v) is 5.64. The summed E-state index contributed by atoms with van der Waals surface area (Å²) in [5.74, 6) is -0.435. The van der Waals surface area contributed by atoms with Crippen LogP contribution in [0, 0.1) is 0 Å². The lowest BCUT2D eigenvalue weighted by atomic mass is 9.77. The summed E-state index contributed by atoms with van der Waals surface area (Å²) in [6.07, 6.45) is 2.80. The fourth-order valence-corrected chi connectivity index (χ4v) is 3.51. The second-order valence-electron chi connectivity index (χ2n) is 5.64. The number of aryl methyl sites for hydroxylation is 1. The first-order chi connectivity index (χ1) is 10.3. The zero-order valence-electron chi connectivity index (χ0n) is 11.6. The van der Waals surface area contributed by atoms with E-state index in [-0.39, 0.29) is 17.7 Å². The first kappa shape index (κ1) is 12.3. The molecule has 1 unspecified atom stereocenters. The highest BCUT2D eigenvalue weighted by Crippen LogP contribution is 2.40. The van der Waals surface area contributed by atoms with E-state index >= 15 is 0 Å². The fourth-order valence-electron chi connectivity index (χ4n) is 3.51. The Balaban J connectivity index is 1.91. The number of anilines is 1. The van der Waals surface area contributed by atoms with Gasteiger partial charge in [0.15, 0.2) is 0 Å². The number of amides is 2. The topological polar surface area (TPSA) is 37.4 Å². The standard InChI is InChI=1S/C18H15NO2/c20-17-14-10-4-6-12-7-5-11-15(16(12)14)18(21)19(17)13-8-2-1-3-9-13/h1-4,6,8-10,15H,5,7,11H2. The maximum absolute atomic E-state index is 12.8. The van der Waals surface area contributed by atoms with Gasteiger partial charge in [-0.1, -0.05) is 30.3 Å². The molecule has 1 heterocycles. The molecule has 4 rings (SSSR count). The van der Waals surface area contributed by atoms with Gasteiger partial charge in [-0.15, -0.1) is 0 Å². The van der Waals surface area contributed by atoms with Crippen molar-refractivity contribution in [2.24, 2.45) is 0 Å². The number of benzene rings is 2. The third-order valence-electron chi connectivity index (χ3n) is 4.45. The molecule has 21 heavy (non-hydrogen) atoms. The number of nitrogens with zero attached hydrogens (tertiary/aromatic N) is 1. The van der Waals surface area contributed by atoms with Gasteiger partial charge >= 0.3 is 0 Å². The average Bonchev–Trinajstić information content (AvgIpc) is 2.54. The van der Waals surface area contributed by atoms with Gasteiger partial charge in [-0.05, 0) is 48.6 Å². The summed E-state index contributed by atoms with van der Waals surface area (Å²) in [4.78, 5) is 26.9. The van der Waals surface area contributed by atoms with Crippen molar-refractivity contribution in [1.82, 2.24) is 0 Å². The molecule has 0 radical (unpaired) electrons. The van der Waals surface area contributed by atoms with Crippen LogP contribution < -0.4 is 4.90 Å². The van der Waals surface area contributed by atoms with Crippen molar-refractivity contribution in [2.45, 2.75) is 25.2 Å². The van der Waals surface area contributed by atoms with Crippen LogP contribution in [0.4, 0.5) is 5.69 Å². The molecule has 2 amide bonds. The molecule has 0 saturated carbocycles. The van der Waals surface area contributed by atoms with Crippen LogP contribution in [0.3, 0.4) is 0 Å². The number of carbonyl (C=O) groups excluding carboxylic acids is 2. The molecule has 2 aromatic rings. The van der Waals surface area contributed by atoms with E-state index in [4.69, 9.17) is 0 Å². The molecule has 1 atom stereocenters.